The topological polar surface area (TPSA) is 68.1 Å². The summed E-state index contributed by atoms with van der Waals surface area (Å²) in [6, 6.07) is 36.5. The van der Waals surface area contributed by atoms with Crippen LogP contribution in [0, 0.1) is 17.9 Å². The smallest absolute Gasteiger partial charge is 0.188 e. The van der Waals surface area contributed by atoms with Gasteiger partial charge in [-0.05, 0) is 71.1 Å². The number of benzene rings is 4. The number of nitrogens with zero attached hydrogens (tertiary/aromatic N) is 5. The predicted molar refractivity (Wildman–Crippen MR) is 165 cm³/mol. The lowest BCUT2D eigenvalue weighted by atomic mass is 9.66. The number of aromatic nitrogens is 3. The Morgan fingerprint density at radius 2 is 1.40 bits per heavy atom. The van der Waals surface area contributed by atoms with Crippen LogP contribution in [0.5, 0.6) is 11.5 Å². The Morgan fingerprint density at radius 3 is 2.14 bits per heavy atom. The molecule has 3 aromatic heterocycles. The number of nitriles is 1. The molecule has 43 heavy (non-hydrogen) atoms. The Kier molecular flexibility index (Phi) is 4.58. The minimum Gasteiger partial charge on any atom is -0.454 e. The average molecular weight is 550 g/mol. The van der Waals surface area contributed by atoms with Crippen molar-refractivity contribution in [2.75, 3.05) is 0 Å². The third-order valence-corrected chi connectivity index (χ3v) is 8.80. The molecule has 1 aliphatic carbocycles. The van der Waals surface area contributed by atoms with Gasteiger partial charge in [0.25, 0.3) is 0 Å². The average Bonchev–Trinajstić information content (AvgIpc) is 3.55. The van der Waals surface area contributed by atoms with Gasteiger partial charge in [0.15, 0.2) is 11.4 Å². The van der Waals surface area contributed by atoms with Gasteiger partial charge in [-0.15, -0.1) is 0 Å². The molecule has 0 bridgehead atoms. The Hall–Kier alpha value is -6.24. The number of pyridine rings is 2. The second-order valence-electron chi connectivity index (χ2n) is 10.8. The van der Waals surface area contributed by atoms with E-state index in [0.717, 1.165) is 72.6 Å². The number of ether oxygens (including phenoxy) is 1. The zero-order valence-electron chi connectivity index (χ0n) is 22.6. The maximum absolute atomic E-state index is 9.69. The summed E-state index contributed by atoms with van der Waals surface area (Å²) in [5.41, 5.74) is 9.10. The number of para-hydroxylation sites is 2. The summed E-state index contributed by atoms with van der Waals surface area (Å²) in [7, 11) is 0. The molecule has 1 aliphatic heterocycles. The summed E-state index contributed by atoms with van der Waals surface area (Å²) < 4.78 is 9.06. The third kappa shape index (κ3) is 2.89. The van der Waals surface area contributed by atoms with E-state index in [1.54, 1.807) is 0 Å². The first-order valence-corrected chi connectivity index (χ1v) is 13.9. The molecule has 0 N–H and O–H groups in total. The fraction of sp³-hybridized carbons (Fsp3) is 0.0270. The molecular formula is C37H19N5O. The van der Waals surface area contributed by atoms with E-state index in [4.69, 9.17) is 21.3 Å². The van der Waals surface area contributed by atoms with Crippen molar-refractivity contribution in [3.05, 3.63) is 155 Å². The van der Waals surface area contributed by atoms with Crippen LogP contribution >= 0.6 is 0 Å². The van der Waals surface area contributed by atoms with E-state index in [-0.39, 0.29) is 0 Å². The highest BCUT2D eigenvalue weighted by atomic mass is 16.5. The molecule has 4 heterocycles. The summed E-state index contributed by atoms with van der Waals surface area (Å²) in [6.07, 6.45) is 3.65. The molecule has 0 saturated carbocycles. The standard InChI is InChI=1S/C37H19N5O/c1-39-23-14-16-31-25(20-23)24-19-22(21-38)13-15-30(24)42(31)32-11-4-8-29-36(32)43-33-12-3-2-7-26(33)37(29)27-9-5-17-40-34(27)35-28(37)10-6-18-41-35/h2-20H. The number of fused-ring (bicyclic) bond motifs is 12. The van der Waals surface area contributed by atoms with Gasteiger partial charge in [-0.1, -0.05) is 48.5 Å². The van der Waals surface area contributed by atoms with Gasteiger partial charge in [-0.3, -0.25) is 9.97 Å². The molecule has 2 aliphatic rings. The van der Waals surface area contributed by atoms with Crippen molar-refractivity contribution in [3.63, 3.8) is 0 Å². The Bertz CT molecular complexity index is 2310. The molecule has 198 valence electrons. The minimum atomic E-state index is -0.683. The van der Waals surface area contributed by atoms with E-state index >= 15 is 0 Å². The van der Waals surface area contributed by atoms with Crippen molar-refractivity contribution in [1.82, 2.24) is 14.5 Å². The molecule has 0 amide bonds. The lowest BCUT2D eigenvalue weighted by Gasteiger charge is -2.39. The van der Waals surface area contributed by atoms with Gasteiger partial charge in [0, 0.05) is 28.9 Å². The van der Waals surface area contributed by atoms with Crippen LogP contribution in [0.4, 0.5) is 5.69 Å². The van der Waals surface area contributed by atoms with Crippen molar-refractivity contribution in [2.24, 2.45) is 0 Å². The first-order valence-electron chi connectivity index (χ1n) is 13.9. The molecule has 4 aromatic carbocycles. The van der Waals surface area contributed by atoms with E-state index in [1.165, 1.54) is 0 Å². The molecule has 6 heteroatoms. The summed E-state index contributed by atoms with van der Waals surface area (Å²) in [6.45, 7) is 7.62. The molecule has 9 rings (SSSR count). The molecule has 0 atom stereocenters. The van der Waals surface area contributed by atoms with Gasteiger partial charge >= 0.3 is 0 Å². The van der Waals surface area contributed by atoms with Crippen molar-refractivity contribution >= 4 is 27.5 Å². The number of rotatable bonds is 1. The summed E-state index contributed by atoms with van der Waals surface area (Å²) in [5, 5.41) is 11.5. The van der Waals surface area contributed by atoms with Crippen molar-refractivity contribution in [3.8, 4) is 34.6 Å². The lowest BCUT2D eigenvalue weighted by molar-refractivity contribution is 0.434. The van der Waals surface area contributed by atoms with E-state index < -0.39 is 5.41 Å². The Morgan fingerprint density at radius 1 is 0.721 bits per heavy atom. The molecule has 0 unspecified atom stereocenters. The van der Waals surface area contributed by atoms with E-state index in [2.05, 4.69) is 57.9 Å². The normalized spacial score (nSPS) is 13.4. The zero-order chi connectivity index (χ0) is 28.7. The molecule has 0 fully saturated rings. The third-order valence-electron chi connectivity index (χ3n) is 8.80. The van der Waals surface area contributed by atoms with E-state index in [9.17, 15) is 5.26 Å². The van der Waals surface area contributed by atoms with Gasteiger partial charge < -0.3 is 9.30 Å². The van der Waals surface area contributed by atoms with Crippen LogP contribution in [0.2, 0.25) is 0 Å². The van der Waals surface area contributed by atoms with Gasteiger partial charge in [0.05, 0.1) is 51.7 Å². The van der Waals surface area contributed by atoms with Crippen LogP contribution < -0.4 is 4.74 Å². The molecule has 7 aromatic rings. The van der Waals surface area contributed by atoms with Gasteiger partial charge in [-0.2, -0.15) is 5.26 Å². The van der Waals surface area contributed by atoms with Crippen LogP contribution in [-0.4, -0.2) is 14.5 Å². The van der Waals surface area contributed by atoms with E-state index in [1.807, 2.05) is 73.1 Å². The summed E-state index contributed by atoms with van der Waals surface area (Å²) in [5.74, 6) is 1.52. The molecule has 1 spiro atoms. The van der Waals surface area contributed by atoms with Crippen LogP contribution in [0.3, 0.4) is 0 Å². The summed E-state index contributed by atoms with van der Waals surface area (Å²) >= 11 is 0. The quantitative estimate of drug-likeness (QED) is 0.193. The monoisotopic (exact) mass is 549 g/mol. The minimum absolute atomic E-state index is 0.548. The van der Waals surface area contributed by atoms with Crippen LogP contribution in [-0.2, 0) is 5.41 Å². The van der Waals surface area contributed by atoms with Crippen LogP contribution in [0.15, 0.2) is 116 Å². The first kappa shape index (κ1) is 23.5. The predicted octanol–water partition coefficient (Wildman–Crippen LogP) is 8.46. The highest BCUT2D eigenvalue weighted by molar-refractivity contribution is 6.11. The SMILES string of the molecule is [C-]#[N+]c1ccc2c(c1)c1cc(C#N)ccc1n2-c1cccc2c1Oc1ccccc1C21c2cccnc2-c2ncccc21. The zero-order valence-corrected chi connectivity index (χ0v) is 22.6. The molecule has 0 saturated heterocycles. The van der Waals surface area contributed by atoms with E-state index in [0.29, 0.717) is 11.3 Å². The fourth-order valence-electron chi connectivity index (χ4n) is 7.15. The molecule has 0 radical (unpaired) electrons. The van der Waals surface area contributed by atoms with Gasteiger partial charge in [0.2, 0.25) is 0 Å². The number of hydrogen-bond donors (Lipinski definition) is 0. The number of hydrogen-bond acceptors (Lipinski definition) is 4. The summed E-state index contributed by atoms with van der Waals surface area (Å²) in [4.78, 5) is 13.3. The highest BCUT2D eigenvalue weighted by Gasteiger charge is 2.52. The van der Waals surface area contributed by atoms with Crippen LogP contribution in [0.25, 0.3) is 43.7 Å². The van der Waals surface area contributed by atoms with Crippen molar-refractivity contribution in [2.45, 2.75) is 5.41 Å². The first-order chi connectivity index (χ1) is 21.2. The molecular weight excluding hydrogens is 530 g/mol. The van der Waals surface area contributed by atoms with Crippen molar-refractivity contribution in [1.29, 1.82) is 5.26 Å². The second kappa shape index (κ2) is 8.39. The van der Waals surface area contributed by atoms with Gasteiger partial charge in [0.1, 0.15) is 5.75 Å². The fourth-order valence-corrected chi connectivity index (χ4v) is 7.15. The maximum Gasteiger partial charge on any atom is 0.188 e. The lowest BCUT2D eigenvalue weighted by Crippen LogP contribution is -2.32. The van der Waals surface area contributed by atoms with Crippen LogP contribution in [0.1, 0.15) is 27.8 Å². The largest absolute Gasteiger partial charge is 0.454 e. The Balaban J connectivity index is 1.44. The Labute approximate surface area is 246 Å². The van der Waals surface area contributed by atoms with Gasteiger partial charge in [-0.25, -0.2) is 4.85 Å². The van der Waals surface area contributed by atoms with Crippen molar-refractivity contribution < 1.29 is 4.74 Å². The highest BCUT2D eigenvalue weighted by Crippen LogP contribution is 2.62. The maximum atomic E-state index is 9.69. The molecule has 6 nitrogen and oxygen atoms in total. The second-order valence-corrected chi connectivity index (χ2v) is 10.8.